The van der Waals surface area contributed by atoms with Crippen molar-refractivity contribution in [3.8, 4) is 12.3 Å². The Kier molecular flexibility index (Phi) is 2.90. The van der Waals surface area contributed by atoms with Crippen LogP contribution in [0.2, 0.25) is 0 Å². The first kappa shape index (κ1) is 8.83. The second-order valence-corrected chi connectivity index (χ2v) is 2.51. The van der Waals surface area contributed by atoms with Crippen molar-refractivity contribution >= 4 is 17.4 Å². The van der Waals surface area contributed by atoms with Crippen molar-refractivity contribution in [1.82, 2.24) is 0 Å². The lowest BCUT2D eigenvalue weighted by Crippen LogP contribution is -2.02. The molecule has 1 rings (SSSR count). The molecule has 1 aromatic carbocycles. The van der Waals surface area contributed by atoms with Crippen LogP contribution in [-0.4, -0.2) is 11.7 Å². The molecule has 60 valence electrons. The van der Waals surface area contributed by atoms with Gasteiger partial charge in [-0.1, -0.05) is 24.1 Å². The number of ketones is 1. The predicted octanol–water partition coefficient (Wildman–Crippen LogP) is 2.09. The molecule has 0 heterocycles. The van der Waals surface area contributed by atoms with Crippen LogP contribution in [0, 0.1) is 12.3 Å². The van der Waals surface area contributed by atoms with E-state index in [2.05, 4.69) is 5.92 Å². The van der Waals surface area contributed by atoms with Crippen molar-refractivity contribution in [2.45, 2.75) is 0 Å². The van der Waals surface area contributed by atoms with Crippen LogP contribution < -0.4 is 0 Å². The van der Waals surface area contributed by atoms with Crippen LogP contribution in [0.25, 0.3) is 0 Å². The molecule has 2 heteroatoms. The molecule has 1 nitrogen and oxygen atoms in total. The normalized spacial score (nSPS) is 9.00. The van der Waals surface area contributed by atoms with Gasteiger partial charge in [-0.2, -0.15) is 0 Å². The fraction of sp³-hybridized carbons (Fsp3) is 0.100. The Morgan fingerprint density at radius 2 is 2.17 bits per heavy atom. The average molecular weight is 179 g/mol. The lowest BCUT2D eigenvalue weighted by Gasteiger charge is -1.99. The molecule has 0 bridgehead atoms. The number of benzene rings is 1. The molecule has 0 saturated heterocycles. The average Bonchev–Trinajstić information content (AvgIpc) is 2.16. The SMILES string of the molecule is C#Cc1ccccc1C(=O)CCl. The van der Waals surface area contributed by atoms with Gasteiger partial charge in [-0.15, -0.1) is 18.0 Å². The number of terminal acetylenes is 1. The van der Waals surface area contributed by atoms with Crippen molar-refractivity contribution in [3.63, 3.8) is 0 Å². The Labute approximate surface area is 76.4 Å². The molecule has 0 unspecified atom stereocenters. The van der Waals surface area contributed by atoms with E-state index in [4.69, 9.17) is 18.0 Å². The van der Waals surface area contributed by atoms with Gasteiger partial charge in [-0.25, -0.2) is 0 Å². The molecule has 0 spiro atoms. The fourth-order valence-electron chi connectivity index (χ4n) is 0.924. The Bertz CT molecular complexity index is 336. The first-order valence-electron chi connectivity index (χ1n) is 3.44. The number of carbonyl (C=O) groups is 1. The number of halogens is 1. The predicted molar refractivity (Wildman–Crippen MR) is 49.4 cm³/mol. The van der Waals surface area contributed by atoms with Crippen LogP contribution in [0.4, 0.5) is 0 Å². The number of hydrogen-bond acceptors (Lipinski definition) is 1. The van der Waals surface area contributed by atoms with Crippen LogP contribution in [0.1, 0.15) is 15.9 Å². The zero-order valence-electron chi connectivity index (χ0n) is 6.38. The molecular formula is C10H7ClO. The molecule has 0 aromatic heterocycles. The van der Waals surface area contributed by atoms with E-state index in [1.807, 2.05) is 0 Å². The van der Waals surface area contributed by atoms with Crippen LogP contribution in [0.3, 0.4) is 0 Å². The summed E-state index contributed by atoms with van der Waals surface area (Å²) in [4.78, 5) is 11.2. The molecule has 0 atom stereocenters. The zero-order valence-corrected chi connectivity index (χ0v) is 7.14. The van der Waals surface area contributed by atoms with Gasteiger partial charge >= 0.3 is 0 Å². The van der Waals surface area contributed by atoms with E-state index >= 15 is 0 Å². The van der Waals surface area contributed by atoms with Gasteiger partial charge in [0.1, 0.15) is 0 Å². The maximum Gasteiger partial charge on any atom is 0.178 e. The molecular weight excluding hydrogens is 172 g/mol. The lowest BCUT2D eigenvalue weighted by molar-refractivity contribution is 0.102. The first-order valence-corrected chi connectivity index (χ1v) is 3.98. The van der Waals surface area contributed by atoms with Crippen molar-refractivity contribution in [2.24, 2.45) is 0 Å². The van der Waals surface area contributed by atoms with Crippen LogP contribution in [0.15, 0.2) is 24.3 Å². The molecule has 1 aromatic rings. The Morgan fingerprint density at radius 1 is 1.50 bits per heavy atom. The third-order valence-electron chi connectivity index (χ3n) is 1.50. The molecule has 0 aliphatic heterocycles. The Balaban J connectivity index is 3.16. The van der Waals surface area contributed by atoms with E-state index < -0.39 is 0 Å². The van der Waals surface area contributed by atoms with Crippen molar-refractivity contribution in [3.05, 3.63) is 35.4 Å². The van der Waals surface area contributed by atoms with E-state index in [1.54, 1.807) is 24.3 Å². The standard InChI is InChI=1S/C10H7ClO/c1-2-8-5-3-4-6-9(8)10(12)7-11/h1,3-6H,7H2. The molecule has 0 aliphatic rings. The summed E-state index contributed by atoms with van der Waals surface area (Å²) >= 11 is 5.40. The highest BCUT2D eigenvalue weighted by Gasteiger charge is 2.06. The molecule has 0 aliphatic carbocycles. The molecule has 0 N–H and O–H groups in total. The molecule has 0 saturated carbocycles. The third kappa shape index (κ3) is 1.66. The van der Waals surface area contributed by atoms with E-state index in [-0.39, 0.29) is 11.7 Å². The van der Waals surface area contributed by atoms with Gasteiger partial charge < -0.3 is 0 Å². The summed E-state index contributed by atoms with van der Waals surface area (Å²) in [7, 11) is 0. The summed E-state index contributed by atoms with van der Waals surface area (Å²) in [5.74, 6) is 2.27. The summed E-state index contributed by atoms with van der Waals surface area (Å²) in [6.07, 6.45) is 5.20. The van der Waals surface area contributed by atoms with E-state index in [0.717, 1.165) is 0 Å². The minimum atomic E-state index is -0.134. The highest BCUT2D eigenvalue weighted by atomic mass is 35.5. The monoisotopic (exact) mass is 178 g/mol. The number of alkyl halides is 1. The largest absolute Gasteiger partial charge is 0.293 e. The Morgan fingerprint density at radius 3 is 2.75 bits per heavy atom. The van der Waals surface area contributed by atoms with Gasteiger partial charge in [0.2, 0.25) is 0 Å². The quantitative estimate of drug-likeness (QED) is 0.385. The molecule has 12 heavy (non-hydrogen) atoms. The van der Waals surface area contributed by atoms with Gasteiger partial charge in [0.25, 0.3) is 0 Å². The van der Waals surface area contributed by atoms with Crippen LogP contribution in [-0.2, 0) is 0 Å². The molecule has 0 radical (unpaired) electrons. The summed E-state index contributed by atoms with van der Waals surface area (Å²) in [6, 6.07) is 6.96. The summed E-state index contributed by atoms with van der Waals surface area (Å²) < 4.78 is 0. The lowest BCUT2D eigenvalue weighted by atomic mass is 10.1. The Hall–Kier alpha value is -1.26. The van der Waals surface area contributed by atoms with Gasteiger partial charge in [0, 0.05) is 11.1 Å². The maximum atomic E-state index is 11.2. The minimum absolute atomic E-state index is 0.0291. The van der Waals surface area contributed by atoms with Gasteiger partial charge in [0.05, 0.1) is 5.88 Å². The second-order valence-electron chi connectivity index (χ2n) is 2.25. The fourth-order valence-corrected chi connectivity index (χ4v) is 1.07. The van der Waals surface area contributed by atoms with Crippen LogP contribution in [0.5, 0.6) is 0 Å². The maximum absolute atomic E-state index is 11.2. The van der Waals surface area contributed by atoms with E-state index in [9.17, 15) is 4.79 Å². The molecule has 0 amide bonds. The van der Waals surface area contributed by atoms with E-state index in [1.165, 1.54) is 0 Å². The highest BCUT2D eigenvalue weighted by Crippen LogP contribution is 2.08. The number of carbonyl (C=O) groups excluding carboxylic acids is 1. The van der Waals surface area contributed by atoms with Crippen molar-refractivity contribution in [1.29, 1.82) is 0 Å². The first-order chi connectivity index (χ1) is 5.79. The highest BCUT2D eigenvalue weighted by molar-refractivity contribution is 6.30. The summed E-state index contributed by atoms with van der Waals surface area (Å²) in [5, 5.41) is 0. The zero-order chi connectivity index (χ0) is 8.97. The third-order valence-corrected chi connectivity index (χ3v) is 1.75. The van der Waals surface area contributed by atoms with Crippen molar-refractivity contribution in [2.75, 3.05) is 5.88 Å². The minimum Gasteiger partial charge on any atom is -0.293 e. The van der Waals surface area contributed by atoms with E-state index in [0.29, 0.717) is 11.1 Å². The molecule has 0 fully saturated rings. The number of rotatable bonds is 2. The summed E-state index contributed by atoms with van der Waals surface area (Å²) in [6.45, 7) is 0. The van der Waals surface area contributed by atoms with Crippen LogP contribution >= 0.6 is 11.6 Å². The van der Waals surface area contributed by atoms with Gasteiger partial charge in [-0.05, 0) is 6.07 Å². The second kappa shape index (κ2) is 3.94. The summed E-state index contributed by atoms with van der Waals surface area (Å²) in [5.41, 5.74) is 1.12. The topological polar surface area (TPSA) is 17.1 Å². The smallest absolute Gasteiger partial charge is 0.178 e. The number of hydrogen-bond donors (Lipinski definition) is 0. The van der Waals surface area contributed by atoms with Gasteiger partial charge in [-0.3, -0.25) is 4.79 Å². The number of Topliss-reactive ketones (excluding diaryl/α,β-unsaturated/α-hetero) is 1. The van der Waals surface area contributed by atoms with Gasteiger partial charge in [0.15, 0.2) is 5.78 Å². The van der Waals surface area contributed by atoms with Crippen molar-refractivity contribution < 1.29 is 4.79 Å².